The molecule has 1 fully saturated rings. The zero-order chi connectivity index (χ0) is 15.5. The molecular weight excluding hydrogens is 282 g/mol. The van der Waals surface area contributed by atoms with Gasteiger partial charge in [0.05, 0.1) is 16.3 Å². The van der Waals surface area contributed by atoms with E-state index in [0.717, 1.165) is 12.1 Å². The summed E-state index contributed by atoms with van der Waals surface area (Å²) >= 11 is 0. The number of nitro groups is 1. The first-order valence-corrected chi connectivity index (χ1v) is 7.55. The normalized spacial score (nSPS) is 21.5. The molecule has 0 aliphatic heterocycles. The zero-order valence-electron chi connectivity index (χ0n) is 12.5. The van der Waals surface area contributed by atoms with E-state index in [2.05, 4.69) is 22.4 Å². The highest BCUT2D eigenvalue weighted by molar-refractivity contribution is 5.65. The Balaban J connectivity index is 1.94. The molecule has 1 aromatic heterocycles. The molecule has 2 aromatic rings. The molecule has 1 N–H and O–H groups in total. The maximum absolute atomic E-state index is 11.0. The minimum Gasteiger partial charge on any atom is -0.380 e. The van der Waals surface area contributed by atoms with Crippen molar-refractivity contribution in [2.45, 2.75) is 38.6 Å². The minimum atomic E-state index is -0.388. The van der Waals surface area contributed by atoms with Crippen molar-refractivity contribution in [1.82, 2.24) is 14.8 Å². The molecule has 3 rings (SSSR count). The molecule has 0 radical (unpaired) electrons. The molecule has 116 valence electrons. The summed E-state index contributed by atoms with van der Waals surface area (Å²) in [6, 6.07) is 5.25. The number of non-ortho nitro benzene ring substituents is 1. The summed E-state index contributed by atoms with van der Waals surface area (Å²) < 4.78 is 1.70. The fourth-order valence-corrected chi connectivity index (χ4v) is 3.02. The zero-order valence-corrected chi connectivity index (χ0v) is 12.5. The predicted molar refractivity (Wildman–Crippen MR) is 83.1 cm³/mol. The first-order valence-electron chi connectivity index (χ1n) is 7.55. The Labute approximate surface area is 128 Å². The van der Waals surface area contributed by atoms with Crippen molar-refractivity contribution in [1.29, 1.82) is 0 Å². The number of hydrogen-bond acceptors (Lipinski definition) is 5. The van der Waals surface area contributed by atoms with E-state index in [1.165, 1.54) is 25.3 Å². The molecule has 1 aromatic carbocycles. The molecule has 1 heterocycles. The molecule has 0 amide bonds. The van der Waals surface area contributed by atoms with Crippen molar-refractivity contribution in [2.24, 2.45) is 5.92 Å². The van der Waals surface area contributed by atoms with Gasteiger partial charge in [-0.15, -0.1) is 10.2 Å². The molecule has 0 saturated heterocycles. The number of anilines is 1. The van der Waals surface area contributed by atoms with Crippen LogP contribution in [0.15, 0.2) is 30.9 Å². The van der Waals surface area contributed by atoms with Gasteiger partial charge in [0.15, 0.2) is 0 Å². The second-order valence-corrected chi connectivity index (χ2v) is 5.84. The standard InChI is InChI=1S/C15H19N5O2/c1-11-4-2-3-5-13(11)18-14-7-6-12(20(21)22)8-15(14)19-9-16-17-10-19/h6-11,13,18H,2-5H2,1H3. The molecule has 2 unspecified atom stereocenters. The van der Waals surface area contributed by atoms with Gasteiger partial charge in [-0.2, -0.15) is 0 Å². The maximum atomic E-state index is 11.0. The number of nitrogens with one attached hydrogen (secondary N) is 1. The van der Waals surface area contributed by atoms with Crippen LogP contribution in [-0.4, -0.2) is 25.7 Å². The van der Waals surface area contributed by atoms with Crippen LogP contribution in [0, 0.1) is 16.0 Å². The average Bonchev–Trinajstić information content (AvgIpc) is 3.04. The van der Waals surface area contributed by atoms with Gasteiger partial charge in [0, 0.05) is 18.2 Å². The Morgan fingerprint density at radius 2 is 2.00 bits per heavy atom. The quantitative estimate of drug-likeness (QED) is 0.692. The summed E-state index contributed by atoms with van der Waals surface area (Å²) in [5.74, 6) is 0.595. The number of nitrogens with zero attached hydrogens (tertiary/aromatic N) is 4. The van der Waals surface area contributed by atoms with Gasteiger partial charge in [0.1, 0.15) is 12.7 Å². The monoisotopic (exact) mass is 301 g/mol. The first kappa shape index (κ1) is 14.5. The van der Waals surface area contributed by atoms with E-state index >= 15 is 0 Å². The summed E-state index contributed by atoms with van der Waals surface area (Å²) in [5.41, 5.74) is 1.65. The van der Waals surface area contributed by atoms with Crippen molar-refractivity contribution < 1.29 is 4.92 Å². The van der Waals surface area contributed by atoms with Gasteiger partial charge in [-0.05, 0) is 24.8 Å². The van der Waals surface area contributed by atoms with Crippen LogP contribution in [0.3, 0.4) is 0 Å². The first-order chi connectivity index (χ1) is 10.6. The van der Waals surface area contributed by atoms with Gasteiger partial charge in [-0.25, -0.2) is 0 Å². The molecule has 0 bridgehead atoms. The van der Waals surface area contributed by atoms with Crippen LogP contribution >= 0.6 is 0 Å². The van der Waals surface area contributed by atoms with Gasteiger partial charge in [-0.3, -0.25) is 14.7 Å². The number of hydrogen-bond donors (Lipinski definition) is 1. The van der Waals surface area contributed by atoms with Crippen LogP contribution < -0.4 is 5.32 Å². The molecule has 7 nitrogen and oxygen atoms in total. The van der Waals surface area contributed by atoms with E-state index in [1.54, 1.807) is 29.4 Å². The third kappa shape index (κ3) is 2.93. The van der Waals surface area contributed by atoms with Crippen LogP contribution in [0.4, 0.5) is 11.4 Å². The molecule has 1 aliphatic rings. The van der Waals surface area contributed by atoms with Gasteiger partial charge in [0.25, 0.3) is 5.69 Å². The lowest BCUT2D eigenvalue weighted by molar-refractivity contribution is -0.384. The molecule has 7 heteroatoms. The van der Waals surface area contributed by atoms with Crippen molar-refractivity contribution in [3.8, 4) is 5.69 Å². The van der Waals surface area contributed by atoms with E-state index in [0.29, 0.717) is 17.6 Å². The number of benzene rings is 1. The van der Waals surface area contributed by atoms with E-state index in [4.69, 9.17) is 0 Å². The fourth-order valence-electron chi connectivity index (χ4n) is 3.02. The van der Waals surface area contributed by atoms with E-state index < -0.39 is 0 Å². The van der Waals surface area contributed by atoms with Crippen molar-refractivity contribution in [3.63, 3.8) is 0 Å². The van der Waals surface area contributed by atoms with Crippen LogP contribution in [0.2, 0.25) is 0 Å². The Kier molecular flexibility index (Phi) is 4.04. The Hall–Kier alpha value is -2.44. The van der Waals surface area contributed by atoms with Gasteiger partial charge < -0.3 is 5.32 Å². The second kappa shape index (κ2) is 6.13. The lowest BCUT2D eigenvalue weighted by Crippen LogP contribution is -2.30. The Morgan fingerprint density at radius 1 is 1.27 bits per heavy atom. The molecule has 0 spiro atoms. The molecule has 22 heavy (non-hydrogen) atoms. The predicted octanol–water partition coefficient (Wildman–Crippen LogP) is 3.17. The fraction of sp³-hybridized carbons (Fsp3) is 0.467. The molecule has 2 atom stereocenters. The van der Waals surface area contributed by atoms with Gasteiger partial charge >= 0.3 is 0 Å². The third-order valence-electron chi connectivity index (χ3n) is 4.34. The van der Waals surface area contributed by atoms with Gasteiger partial charge in [0.2, 0.25) is 0 Å². The minimum absolute atomic E-state index is 0.0611. The number of nitro benzene ring substituents is 1. The van der Waals surface area contributed by atoms with E-state index in [1.807, 2.05) is 0 Å². The third-order valence-corrected chi connectivity index (χ3v) is 4.34. The van der Waals surface area contributed by atoms with Crippen molar-refractivity contribution >= 4 is 11.4 Å². The maximum Gasteiger partial charge on any atom is 0.271 e. The summed E-state index contributed by atoms with van der Waals surface area (Å²) in [5, 5.41) is 22.2. The summed E-state index contributed by atoms with van der Waals surface area (Å²) in [7, 11) is 0. The summed E-state index contributed by atoms with van der Waals surface area (Å²) in [6.45, 7) is 2.25. The number of aromatic nitrogens is 3. The van der Waals surface area contributed by atoms with Crippen LogP contribution in [0.25, 0.3) is 5.69 Å². The number of rotatable bonds is 4. The van der Waals surface area contributed by atoms with Crippen LogP contribution in [-0.2, 0) is 0 Å². The topological polar surface area (TPSA) is 85.9 Å². The van der Waals surface area contributed by atoms with E-state index in [9.17, 15) is 10.1 Å². The smallest absolute Gasteiger partial charge is 0.271 e. The Morgan fingerprint density at radius 3 is 2.68 bits per heavy atom. The SMILES string of the molecule is CC1CCCCC1Nc1ccc([N+](=O)[O-])cc1-n1cnnc1. The molecular formula is C15H19N5O2. The van der Waals surface area contributed by atoms with Crippen LogP contribution in [0.1, 0.15) is 32.6 Å². The second-order valence-electron chi connectivity index (χ2n) is 5.84. The summed E-state index contributed by atoms with van der Waals surface area (Å²) in [4.78, 5) is 10.6. The van der Waals surface area contributed by atoms with Gasteiger partial charge in [-0.1, -0.05) is 19.8 Å². The highest BCUT2D eigenvalue weighted by atomic mass is 16.6. The summed E-state index contributed by atoms with van der Waals surface area (Å²) in [6.07, 6.45) is 7.93. The highest BCUT2D eigenvalue weighted by Gasteiger charge is 2.22. The van der Waals surface area contributed by atoms with Crippen molar-refractivity contribution in [2.75, 3.05) is 5.32 Å². The van der Waals surface area contributed by atoms with Crippen LogP contribution in [0.5, 0.6) is 0 Å². The average molecular weight is 301 g/mol. The lowest BCUT2D eigenvalue weighted by Gasteiger charge is -2.31. The molecule has 1 saturated carbocycles. The lowest BCUT2D eigenvalue weighted by atomic mass is 9.86. The Bertz CT molecular complexity index is 656. The molecule has 1 aliphatic carbocycles. The largest absolute Gasteiger partial charge is 0.380 e. The van der Waals surface area contributed by atoms with E-state index in [-0.39, 0.29) is 10.6 Å². The van der Waals surface area contributed by atoms with Crippen molar-refractivity contribution in [3.05, 3.63) is 41.0 Å². The highest BCUT2D eigenvalue weighted by Crippen LogP contribution is 2.31.